The Morgan fingerprint density at radius 2 is 2.00 bits per heavy atom. The van der Waals surface area contributed by atoms with Gasteiger partial charge in [0.05, 0.1) is 12.6 Å². The number of thiophene rings is 1. The predicted octanol–water partition coefficient (Wildman–Crippen LogP) is 2.37. The summed E-state index contributed by atoms with van der Waals surface area (Å²) < 4.78 is 1.64. The number of tetrazole rings is 1. The molecule has 3 heterocycles. The van der Waals surface area contributed by atoms with Crippen LogP contribution in [0.15, 0.2) is 48.1 Å². The second kappa shape index (κ2) is 7.98. The van der Waals surface area contributed by atoms with Crippen molar-refractivity contribution < 1.29 is 9.90 Å². The number of hydrogen-bond acceptors (Lipinski definition) is 6. The van der Waals surface area contributed by atoms with Crippen LogP contribution in [0.4, 0.5) is 0 Å². The smallest absolute Gasteiger partial charge is 0.253 e. The topological polar surface area (TPSA) is 84.1 Å². The van der Waals surface area contributed by atoms with Gasteiger partial charge in [-0.05, 0) is 58.3 Å². The summed E-state index contributed by atoms with van der Waals surface area (Å²) in [5.41, 5.74) is 1.73. The quantitative estimate of drug-likeness (QED) is 0.731. The Hall–Kier alpha value is -2.58. The maximum absolute atomic E-state index is 12.8. The average Bonchev–Trinajstić information content (AvgIpc) is 3.42. The summed E-state index contributed by atoms with van der Waals surface area (Å²) in [5, 5.41) is 23.6. The van der Waals surface area contributed by atoms with E-state index in [0.717, 1.165) is 23.3 Å². The van der Waals surface area contributed by atoms with Crippen LogP contribution in [0, 0.1) is 5.92 Å². The number of benzene rings is 1. The van der Waals surface area contributed by atoms with Crippen LogP contribution in [0.1, 0.15) is 39.7 Å². The van der Waals surface area contributed by atoms with Gasteiger partial charge < -0.3 is 10.0 Å². The lowest BCUT2D eigenvalue weighted by molar-refractivity contribution is 0.0474. The van der Waals surface area contributed by atoms with E-state index in [-0.39, 0.29) is 11.8 Å². The highest BCUT2D eigenvalue weighted by Crippen LogP contribution is 2.33. The van der Waals surface area contributed by atoms with Gasteiger partial charge in [-0.3, -0.25) is 4.79 Å². The van der Waals surface area contributed by atoms with E-state index in [1.807, 2.05) is 46.7 Å². The SMILES string of the molecule is O=C(c1ccc(Cn2cnnn2)cc1)N1CCC(C(O)c2cccs2)CC1. The molecule has 0 spiro atoms. The fourth-order valence-electron chi connectivity index (χ4n) is 3.49. The molecule has 4 rings (SSSR count). The molecule has 27 heavy (non-hydrogen) atoms. The van der Waals surface area contributed by atoms with Crippen molar-refractivity contribution in [3.8, 4) is 0 Å². The summed E-state index contributed by atoms with van der Waals surface area (Å²) in [6.45, 7) is 1.93. The Bertz CT molecular complexity index is 856. The Kier molecular flexibility index (Phi) is 5.26. The number of likely N-dealkylation sites (tertiary alicyclic amines) is 1. The minimum absolute atomic E-state index is 0.0491. The van der Waals surface area contributed by atoms with Crippen molar-refractivity contribution >= 4 is 17.2 Å². The van der Waals surface area contributed by atoms with Crippen molar-refractivity contribution in [3.63, 3.8) is 0 Å². The molecule has 140 valence electrons. The summed E-state index contributed by atoms with van der Waals surface area (Å²) in [4.78, 5) is 15.7. The van der Waals surface area contributed by atoms with Crippen LogP contribution in [0.25, 0.3) is 0 Å². The number of piperidine rings is 1. The molecule has 1 aliphatic rings. The molecule has 0 radical (unpaired) electrons. The Labute approximate surface area is 161 Å². The number of nitrogens with zero attached hydrogens (tertiary/aromatic N) is 5. The zero-order chi connectivity index (χ0) is 18.6. The zero-order valence-electron chi connectivity index (χ0n) is 14.8. The van der Waals surface area contributed by atoms with Crippen LogP contribution in [0.2, 0.25) is 0 Å². The van der Waals surface area contributed by atoms with E-state index in [1.165, 1.54) is 0 Å². The number of amides is 1. The zero-order valence-corrected chi connectivity index (χ0v) is 15.6. The first-order chi connectivity index (χ1) is 13.2. The number of rotatable bonds is 5. The first-order valence-electron chi connectivity index (χ1n) is 9.01. The molecule has 8 heteroatoms. The van der Waals surface area contributed by atoms with E-state index >= 15 is 0 Å². The second-order valence-corrected chi connectivity index (χ2v) is 7.77. The van der Waals surface area contributed by atoms with Crippen LogP contribution in [0.5, 0.6) is 0 Å². The molecule has 3 aromatic rings. The van der Waals surface area contributed by atoms with Gasteiger partial charge in [-0.1, -0.05) is 18.2 Å². The first-order valence-corrected chi connectivity index (χ1v) is 9.89. The van der Waals surface area contributed by atoms with Gasteiger partial charge in [0.25, 0.3) is 5.91 Å². The molecule has 1 atom stereocenters. The molecule has 0 bridgehead atoms. The van der Waals surface area contributed by atoms with E-state index < -0.39 is 6.10 Å². The summed E-state index contributed by atoms with van der Waals surface area (Å²) in [7, 11) is 0. The third-order valence-corrected chi connectivity index (χ3v) is 5.99. The van der Waals surface area contributed by atoms with Crippen LogP contribution in [-0.4, -0.2) is 49.2 Å². The van der Waals surface area contributed by atoms with Crippen LogP contribution < -0.4 is 0 Å². The number of aliphatic hydroxyl groups is 1. The third-order valence-electron chi connectivity index (χ3n) is 5.04. The van der Waals surface area contributed by atoms with Crippen molar-refractivity contribution in [1.82, 2.24) is 25.1 Å². The van der Waals surface area contributed by atoms with Gasteiger partial charge in [0.1, 0.15) is 6.33 Å². The van der Waals surface area contributed by atoms with Crippen molar-refractivity contribution in [2.24, 2.45) is 5.92 Å². The average molecular weight is 383 g/mol. The minimum atomic E-state index is -0.423. The number of carbonyl (C=O) groups is 1. The highest BCUT2D eigenvalue weighted by Gasteiger charge is 2.29. The molecule has 1 unspecified atom stereocenters. The maximum atomic E-state index is 12.8. The predicted molar refractivity (Wildman–Crippen MR) is 101 cm³/mol. The van der Waals surface area contributed by atoms with Crippen molar-refractivity contribution in [2.75, 3.05) is 13.1 Å². The van der Waals surface area contributed by atoms with Crippen molar-refractivity contribution in [3.05, 3.63) is 64.1 Å². The maximum Gasteiger partial charge on any atom is 0.253 e. The molecule has 7 nitrogen and oxygen atoms in total. The van der Waals surface area contributed by atoms with Crippen LogP contribution in [-0.2, 0) is 6.54 Å². The molecule has 1 N–H and O–H groups in total. The summed E-state index contributed by atoms with van der Waals surface area (Å²) >= 11 is 1.59. The number of aromatic nitrogens is 4. The number of hydrogen-bond donors (Lipinski definition) is 1. The van der Waals surface area contributed by atoms with Gasteiger partial charge in [0, 0.05) is 23.5 Å². The van der Waals surface area contributed by atoms with Crippen molar-refractivity contribution in [2.45, 2.75) is 25.5 Å². The van der Waals surface area contributed by atoms with Gasteiger partial charge in [-0.2, -0.15) is 0 Å². The molecule has 1 saturated heterocycles. The largest absolute Gasteiger partial charge is 0.387 e. The van der Waals surface area contributed by atoms with Gasteiger partial charge in [0.15, 0.2) is 0 Å². The van der Waals surface area contributed by atoms with Crippen LogP contribution in [0.3, 0.4) is 0 Å². The fraction of sp³-hybridized carbons (Fsp3) is 0.368. The first kappa shape index (κ1) is 17.8. The Morgan fingerprint density at radius 1 is 1.22 bits per heavy atom. The summed E-state index contributed by atoms with van der Waals surface area (Å²) in [6.07, 6.45) is 2.78. The second-order valence-electron chi connectivity index (χ2n) is 6.79. The Morgan fingerprint density at radius 3 is 2.63 bits per heavy atom. The highest BCUT2D eigenvalue weighted by atomic mass is 32.1. The van der Waals surface area contributed by atoms with E-state index in [2.05, 4.69) is 15.5 Å². The number of carbonyl (C=O) groups excluding carboxylic acids is 1. The Balaban J connectivity index is 1.33. The summed E-state index contributed by atoms with van der Waals surface area (Å²) in [5.74, 6) is 0.263. The molecule has 1 aliphatic heterocycles. The molecular formula is C19H21N5O2S. The normalized spacial score (nSPS) is 16.4. The molecule has 0 saturated carbocycles. The molecule has 1 fully saturated rings. The summed E-state index contributed by atoms with van der Waals surface area (Å²) in [6, 6.07) is 11.5. The molecule has 0 aliphatic carbocycles. The van der Waals surface area contributed by atoms with Gasteiger partial charge in [0.2, 0.25) is 0 Å². The lowest BCUT2D eigenvalue weighted by Gasteiger charge is -2.34. The lowest BCUT2D eigenvalue weighted by atomic mass is 9.90. The van der Waals surface area contributed by atoms with E-state index in [1.54, 1.807) is 22.3 Å². The molecule has 1 amide bonds. The van der Waals surface area contributed by atoms with Gasteiger partial charge in [-0.15, -0.1) is 16.4 Å². The third kappa shape index (κ3) is 4.06. The van der Waals surface area contributed by atoms with Crippen LogP contribution >= 0.6 is 11.3 Å². The number of aliphatic hydroxyl groups excluding tert-OH is 1. The standard InChI is InChI=1S/C19H21N5O2S/c25-18(17-2-1-11-27-17)15-7-9-23(10-8-15)19(26)16-5-3-14(4-6-16)12-24-13-20-21-22-24/h1-6,11,13,15,18,25H,7-10,12H2. The van der Waals surface area contributed by atoms with Gasteiger partial charge in [-0.25, -0.2) is 4.68 Å². The molecule has 1 aromatic carbocycles. The minimum Gasteiger partial charge on any atom is -0.387 e. The van der Waals surface area contributed by atoms with E-state index in [4.69, 9.17) is 0 Å². The van der Waals surface area contributed by atoms with Crippen molar-refractivity contribution in [1.29, 1.82) is 0 Å². The van der Waals surface area contributed by atoms with E-state index in [0.29, 0.717) is 25.2 Å². The highest BCUT2D eigenvalue weighted by molar-refractivity contribution is 7.10. The molecular weight excluding hydrogens is 362 g/mol. The van der Waals surface area contributed by atoms with Gasteiger partial charge >= 0.3 is 0 Å². The van der Waals surface area contributed by atoms with E-state index in [9.17, 15) is 9.90 Å². The fourth-order valence-corrected chi connectivity index (χ4v) is 4.29. The monoisotopic (exact) mass is 383 g/mol. The lowest BCUT2D eigenvalue weighted by Crippen LogP contribution is -2.39. The molecule has 2 aromatic heterocycles.